The number of carboxylic acid groups (broad SMARTS) is 3. The van der Waals surface area contributed by atoms with Crippen LogP contribution < -0.4 is 0 Å². The summed E-state index contributed by atoms with van der Waals surface area (Å²) in [4.78, 5) is 56.4. The van der Waals surface area contributed by atoms with E-state index in [9.17, 15) is 19.2 Å². The van der Waals surface area contributed by atoms with E-state index in [0.717, 1.165) is 4.60 Å². The van der Waals surface area contributed by atoms with Gasteiger partial charge in [-0.15, -0.1) is 0 Å². The van der Waals surface area contributed by atoms with Gasteiger partial charge in [0.2, 0.25) is 0 Å². The third-order valence-corrected chi connectivity index (χ3v) is 5.11. The summed E-state index contributed by atoms with van der Waals surface area (Å²) in [5.74, 6) is -2.95. The zero-order valence-corrected chi connectivity index (χ0v) is 24.0. The van der Waals surface area contributed by atoms with Crippen LogP contribution in [-0.2, 0) is 0 Å². The van der Waals surface area contributed by atoms with E-state index in [2.05, 4.69) is 58.4 Å². The van der Waals surface area contributed by atoms with Crippen molar-refractivity contribution in [3.05, 3.63) is 123 Å². The smallest absolute Gasteiger partial charge is 0.335 e. The zero-order valence-electron chi connectivity index (χ0n) is 20.8. The zero-order chi connectivity index (χ0) is 30.1. The Hall–Kier alpha value is -4.62. The van der Waals surface area contributed by atoms with Crippen LogP contribution in [0.1, 0.15) is 52.8 Å². The summed E-state index contributed by atoms with van der Waals surface area (Å²) in [5, 5.41) is 25.5. The Labute approximate surface area is 245 Å². The van der Waals surface area contributed by atoms with Crippen molar-refractivity contribution in [1.29, 1.82) is 0 Å². The van der Waals surface area contributed by atoms with Gasteiger partial charge in [0.15, 0.2) is 6.29 Å². The van der Waals surface area contributed by atoms with Gasteiger partial charge < -0.3 is 15.3 Å². The van der Waals surface area contributed by atoms with Gasteiger partial charge >= 0.3 is 17.9 Å². The Morgan fingerprint density at radius 1 is 0.675 bits per heavy atom. The number of carboxylic acids is 3. The van der Waals surface area contributed by atoms with Gasteiger partial charge in [-0.25, -0.2) is 24.4 Å². The maximum Gasteiger partial charge on any atom is 0.335 e. The number of aryl methyl sites for hydroxylation is 1. The van der Waals surface area contributed by atoms with Crippen LogP contribution in [0.2, 0.25) is 0 Å². The van der Waals surface area contributed by atoms with Crippen LogP contribution >= 0.6 is 31.9 Å². The normalized spacial score (nSPS) is 9.18. The van der Waals surface area contributed by atoms with Crippen LogP contribution in [0, 0.1) is 6.92 Å². The maximum atomic E-state index is 10.4. The molecule has 4 aromatic heterocycles. The highest BCUT2D eigenvalue weighted by Gasteiger charge is 2.03. The highest BCUT2D eigenvalue weighted by molar-refractivity contribution is 9.10. The third kappa shape index (κ3) is 13.3. The molecule has 4 aromatic rings. The third-order valence-electron chi connectivity index (χ3n) is 4.24. The lowest BCUT2D eigenvalue weighted by molar-refractivity contribution is 0.0686. The van der Waals surface area contributed by atoms with E-state index in [-0.39, 0.29) is 22.4 Å². The number of rotatable bonds is 5. The molecular formula is C27H22Br2N4O7. The average molecular weight is 674 g/mol. The van der Waals surface area contributed by atoms with E-state index in [4.69, 9.17) is 15.3 Å². The van der Waals surface area contributed by atoms with Crippen molar-refractivity contribution in [2.45, 2.75) is 6.92 Å². The first-order chi connectivity index (χ1) is 19.0. The molecule has 11 nitrogen and oxygen atoms in total. The molecule has 0 spiro atoms. The Bertz CT molecular complexity index is 1400. The van der Waals surface area contributed by atoms with E-state index >= 15 is 0 Å². The van der Waals surface area contributed by atoms with E-state index in [1.807, 2.05) is 19.1 Å². The summed E-state index contributed by atoms with van der Waals surface area (Å²) in [6.07, 6.45) is 7.96. The number of carbonyl (C=O) groups is 4. The molecule has 0 unspecified atom stereocenters. The molecule has 0 aliphatic carbocycles. The topological polar surface area (TPSA) is 181 Å². The van der Waals surface area contributed by atoms with Crippen molar-refractivity contribution in [2.24, 2.45) is 0 Å². The van der Waals surface area contributed by atoms with Crippen molar-refractivity contribution < 1.29 is 34.5 Å². The molecular weight excluding hydrogens is 652 g/mol. The van der Waals surface area contributed by atoms with Crippen LogP contribution in [0.25, 0.3) is 6.08 Å². The van der Waals surface area contributed by atoms with Gasteiger partial charge in [-0.2, -0.15) is 0 Å². The number of aldehydes is 1. The van der Waals surface area contributed by atoms with E-state index in [0.29, 0.717) is 16.6 Å². The fraction of sp³-hybridized carbons (Fsp3) is 0.0370. The number of pyridine rings is 4. The standard InChI is InChI=1S/C8H7NO2.C7H5NO3.C6H4BrNO2.C6H6BrN/c1-2-7-5-6(8(10)11)3-4-9-7;9-4-6-3-5(7(10)11)1-2-8-6;7-5-3-4(6(9)10)1-2-8-5;1-5-2-3-8-6(7)4-5/h2-5H,1H2,(H,10,11);1-4H,(H,10,11);1-3H,(H,9,10);2-4H,1H3. The fourth-order valence-corrected chi connectivity index (χ4v) is 3.22. The second-order valence-electron chi connectivity index (χ2n) is 7.20. The summed E-state index contributed by atoms with van der Waals surface area (Å²) in [6.45, 7) is 5.51. The number of aromatic carboxylic acids is 3. The Morgan fingerprint density at radius 3 is 1.43 bits per heavy atom. The molecule has 0 aromatic carbocycles. The van der Waals surface area contributed by atoms with Crippen molar-refractivity contribution in [2.75, 3.05) is 0 Å². The van der Waals surface area contributed by atoms with Crippen LogP contribution in [0.3, 0.4) is 0 Å². The Kier molecular flexibility index (Phi) is 14.9. The lowest BCUT2D eigenvalue weighted by atomic mass is 10.2. The van der Waals surface area contributed by atoms with Crippen molar-refractivity contribution in [3.63, 3.8) is 0 Å². The fourth-order valence-electron chi connectivity index (χ4n) is 2.37. The molecule has 0 saturated carbocycles. The summed E-state index contributed by atoms with van der Waals surface area (Å²) in [7, 11) is 0. The van der Waals surface area contributed by atoms with Gasteiger partial charge in [-0.1, -0.05) is 6.58 Å². The molecule has 0 amide bonds. The van der Waals surface area contributed by atoms with Gasteiger partial charge in [-0.05, 0) is 99.0 Å². The number of nitrogens with zero attached hydrogens (tertiary/aromatic N) is 4. The molecule has 3 N–H and O–H groups in total. The number of carbonyl (C=O) groups excluding carboxylic acids is 1. The molecule has 0 aliphatic heterocycles. The highest BCUT2D eigenvalue weighted by Crippen LogP contribution is 2.07. The maximum absolute atomic E-state index is 10.4. The molecule has 0 fully saturated rings. The number of hydrogen-bond donors (Lipinski definition) is 3. The van der Waals surface area contributed by atoms with E-state index in [1.165, 1.54) is 66.6 Å². The molecule has 0 radical (unpaired) electrons. The second kappa shape index (κ2) is 17.8. The van der Waals surface area contributed by atoms with Gasteiger partial charge in [0, 0.05) is 24.8 Å². The summed E-state index contributed by atoms with van der Waals surface area (Å²) < 4.78 is 1.44. The van der Waals surface area contributed by atoms with Gasteiger partial charge in [0.25, 0.3) is 0 Å². The van der Waals surface area contributed by atoms with Gasteiger partial charge in [0.1, 0.15) is 14.9 Å². The molecule has 0 atom stereocenters. The summed E-state index contributed by atoms with van der Waals surface area (Å²) in [6, 6.07) is 12.3. The molecule has 0 aliphatic rings. The molecule has 0 bridgehead atoms. The quantitative estimate of drug-likeness (QED) is 0.174. The Balaban J connectivity index is 0.000000268. The molecule has 4 heterocycles. The van der Waals surface area contributed by atoms with Gasteiger partial charge in [-0.3, -0.25) is 14.8 Å². The number of halogens is 2. The molecule has 206 valence electrons. The first-order valence-corrected chi connectivity index (χ1v) is 12.4. The van der Waals surface area contributed by atoms with Crippen LogP contribution in [0.5, 0.6) is 0 Å². The summed E-state index contributed by atoms with van der Waals surface area (Å²) >= 11 is 6.31. The molecule has 40 heavy (non-hydrogen) atoms. The lowest BCUT2D eigenvalue weighted by Crippen LogP contribution is -1.98. The van der Waals surface area contributed by atoms with Gasteiger partial charge in [0.05, 0.1) is 22.4 Å². The van der Waals surface area contributed by atoms with Crippen molar-refractivity contribution >= 4 is 62.1 Å². The lowest BCUT2D eigenvalue weighted by Gasteiger charge is -1.93. The summed E-state index contributed by atoms with van der Waals surface area (Å²) in [5.41, 5.74) is 2.47. The van der Waals surface area contributed by atoms with Crippen molar-refractivity contribution in [3.8, 4) is 0 Å². The second-order valence-corrected chi connectivity index (χ2v) is 8.82. The minimum atomic E-state index is -1.06. The average Bonchev–Trinajstić information content (AvgIpc) is 2.94. The minimum Gasteiger partial charge on any atom is -0.478 e. The predicted molar refractivity (Wildman–Crippen MR) is 153 cm³/mol. The molecule has 13 heteroatoms. The van der Waals surface area contributed by atoms with Crippen LogP contribution in [0.4, 0.5) is 0 Å². The monoisotopic (exact) mass is 672 g/mol. The number of hydrogen-bond acceptors (Lipinski definition) is 8. The molecule has 0 saturated heterocycles. The van der Waals surface area contributed by atoms with Crippen molar-refractivity contribution in [1.82, 2.24) is 19.9 Å². The van der Waals surface area contributed by atoms with Crippen LogP contribution in [0.15, 0.2) is 89.1 Å². The largest absolute Gasteiger partial charge is 0.478 e. The SMILES string of the molecule is C=Cc1cc(C(=O)O)ccn1.Cc1ccnc(Br)c1.O=C(O)c1ccnc(Br)c1.O=Cc1cc(C(=O)O)ccn1. The van der Waals surface area contributed by atoms with Crippen LogP contribution in [-0.4, -0.2) is 59.4 Å². The predicted octanol–water partition coefficient (Wildman–Crippen LogP) is 5.71. The highest BCUT2D eigenvalue weighted by atomic mass is 79.9. The number of aromatic nitrogens is 4. The molecule has 4 rings (SSSR count). The first kappa shape index (κ1) is 33.4. The minimum absolute atomic E-state index is 0.0714. The van der Waals surface area contributed by atoms with E-state index in [1.54, 1.807) is 6.20 Å². The Morgan fingerprint density at radius 2 is 1.07 bits per heavy atom. The first-order valence-electron chi connectivity index (χ1n) is 10.9. The van der Waals surface area contributed by atoms with E-state index < -0.39 is 17.9 Å².